The predicted octanol–water partition coefficient (Wildman–Crippen LogP) is 2.93. The molecule has 0 amide bonds. The fraction of sp³-hybridized carbons (Fsp3) is 0. The Hall–Kier alpha value is -2.62. The highest BCUT2D eigenvalue weighted by atomic mass is 16.4. The van der Waals surface area contributed by atoms with Crippen molar-refractivity contribution in [2.75, 3.05) is 0 Å². The second-order valence-electron chi connectivity index (χ2n) is 3.95. The van der Waals surface area contributed by atoms with E-state index in [-0.39, 0.29) is 5.56 Å². The number of aromatic nitrogens is 2. The molecule has 0 aliphatic rings. The lowest BCUT2D eigenvalue weighted by Gasteiger charge is -1.99. The fourth-order valence-corrected chi connectivity index (χ4v) is 2.07. The molecule has 0 unspecified atom stereocenters. The van der Waals surface area contributed by atoms with Crippen LogP contribution in [0.2, 0.25) is 0 Å². The number of H-pyrrole nitrogens is 1. The molecule has 1 aromatic carbocycles. The summed E-state index contributed by atoms with van der Waals surface area (Å²) in [7, 11) is 0. The molecule has 3 aromatic rings. The number of pyridine rings is 1. The maximum absolute atomic E-state index is 11.4. The molecule has 0 bridgehead atoms. The quantitative estimate of drug-likeness (QED) is 0.721. The van der Waals surface area contributed by atoms with Crippen molar-refractivity contribution in [2.45, 2.75) is 0 Å². The topological polar surface area (TPSA) is 66.0 Å². The average Bonchev–Trinajstić information content (AvgIpc) is 2.79. The van der Waals surface area contributed by atoms with E-state index in [1.165, 1.54) is 0 Å². The van der Waals surface area contributed by atoms with Crippen molar-refractivity contribution >= 4 is 17.0 Å². The molecule has 0 aliphatic carbocycles. The van der Waals surface area contributed by atoms with Crippen LogP contribution in [0, 0.1) is 0 Å². The third-order valence-electron chi connectivity index (χ3n) is 2.85. The molecule has 0 aliphatic heterocycles. The first-order chi connectivity index (χ1) is 8.77. The number of aromatic amines is 1. The number of nitrogens with zero attached hydrogens (tertiary/aromatic N) is 1. The van der Waals surface area contributed by atoms with E-state index in [1.807, 2.05) is 30.3 Å². The zero-order valence-corrected chi connectivity index (χ0v) is 9.42. The first-order valence-corrected chi connectivity index (χ1v) is 5.53. The van der Waals surface area contributed by atoms with Gasteiger partial charge in [-0.1, -0.05) is 30.3 Å². The number of benzene rings is 1. The maximum Gasteiger partial charge on any atom is 0.338 e. The van der Waals surface area contributed by atoms with E-state index in [4.69, 9.17) is 0 Å². The second kappa shape index (κ2) is 4.00. The van der Waals surface area contributed by atoms with Gasteiger partial charge in [-0.3, -0.25) is 0 Å². The number of carboxylic acid groups (broad SMARTS) is 1. The molecule has 2 heterocycles. The van der Waals surface area contributed by atoms with Gasteiger partial charge in [0.15, 0.2) is 0 Å². The van der Waals surface area contributed by atoms with Crippen molar-refractivity contribution in [2.24, 2.45) is 0 Å². The number of aromatic carboxylic acids is 1. The molecule has 0 saturated heterocycles. The Morgan fingerprint density at radius 2 is 1.89 bits per heavy atom. The van der Waals surface area contributed by atoms with Crippen LogP contribution in [0.3, 0.4) is 0 Å². The van der Waals surface area contributed by atoms with E-state index in [0.717, 1.165) is 5.56 Å². The summed E-state index contributed by atoms with van der Waals surface area (Å²) in [5, 5.41) is 9.99. The van der Waals surface area contributed by atoms with E-state index < -0.39 is 5.97 Å². The van der Waals surface area contributed by atoms with Crippen LogP contribution >= 0.6 is 0 Å². The summed E-state index contributed by atoms with van der Waals surface area (Å²) >= 11 is 0. The minimum Gasteiger partial charge on any atom is -0.478 e. The third-order valence-corrected chi connectivity index (χ3v) is 2.85. The first-order valence-electron chi connectivity index (χ1n) is 5.53. The van der Waals surface area contributed by atoms with Gasteiger partial charge in [0.1, 0.15) is 5.65 Å². The summed E-state index contributed by atoms with van der Waals surface area (Å²) in [6.45, 7) is 0. The summed E-state index contributed by atoms with van der Waals surface area (Å²) in [4.78, 5) is 18.6. The van der Waals surface area contributed by atoms with Crippen molar-refractivity contribution in [1.29, 1.82) is 0 Å². The van der Waals surface area contributed by atoms with Gasteiger partial charge < -0.3 is 10.1 Å². The third kappa shape index (κ3) is 1.55. The molecular formula is C14H10N2O2. The van der Waals surface area contributed by atoms with Gasteiger partial charge in [0.25, 0.3) is 0 Å². The van der Waals surface area contributed by atoms with E-state index in [1.54, 1.807) is 18.3 Å². The van der Waals surface area contributed by atoms with Gasteiger partial charge >= 0.3 is 5.97 Å². The monoisotopic (exact) mass is 238 g/mol. The predicted molar refractivity (Wildman–Crippen MR) is 68.5 cm³/mol. The van der Waals surface area contributed by atoms with Crippen LogP contribution in [-0.2, 0) is 0 Å². The average molecular weight is 238 g/mol. The zero-order valence-electron chi connectivity index (χ0n) is 9.42. The maximum atomic E-state index is 11.4. The van der Waals surface area contributed by atoms with Crippen LogP contribution in [-0.4, -0.2) is 21.0 Å². The van der Waals surface area contributed by atoms with Gasteiger partial charge in [-0.2, -0.15) is 0 Å². The molecule has 4 nitrogen and oxygen atoms in total. The van der Waals surface area contributed by atoms with Gasteiger partial charge in [0, 0.05) is 11.6 Å². The van der Waals surface area contributed by atoms with E-state index in [9.17, 15) is 9.90 Å². The fourth-order valence-electron chi connectivity index (χ4n) is 2.07. The molecular weight excluding hydrogens is 228 g/mol. The minimum atomic E-state index is -0.951. The van der Waals surface area contributed by atoms with Crippen molar-refractivity contribution in [3.8, 4) is 11.3 Å². The van der Waals surface area contributed by atoms with Crippen LogP contribution in [0.25, 0.3) is 22.3 Å². The summed E-state index contributed by atoms with van der Waals surface area (Å²) in [6, 6.07) is 12.9. The number of carboxylic acids is 1. The Labute approximate surface area is 103 Å². The van der Waals surface area contributed by atoms with Crippen LogP contribution in [0.15, 0.2) is 48.7 Å². The molecule has 4 heteroatoms. The second-order valence-corrected chi connectivity index (χ2v) is 3.95. The minimum absolute atomic E-state index is 0.268. The number of fused-ring (bicyclic) bond motifs is 1. The summed E-state index contributed by atoms with van der Waals surface area (Å²) in [5.74, 6) is -0.951. The Bertz CT molecular complexity index is 717. The normalized spacial score (nSPS) is 10.7. The van der Waals surface area contributed by atoms with Crippen LogP contribution in [0.1, 0.15) is 10.4 Å². The Balaban J connectivity index is 2.36. The number of nitrogens with one attached hydrogen (secondary N) is 1. The highest BCUT2D eigenvalue weighted by Gasteiger charge is 2.18. The Morgan fingerprint density at radius 1 is 1.11 bits per heavy atom. The number of rotatable bonds is 2. The number of carbonyl (C=O) groups is 1. The highest BCUT2D eigenvalue weighted by Crippen LogP contribution is 2.28. The van der Waals surface area contributed by atoms with Gasteiger partial charge in [-0.15, -0.1) is 0 Å². The molecule has 0 radical (unpaired) electrons. The largest absolute Gasteiger partial charge is 0.478 e. The summed E-state index contributed by atoms with van der Waals surface area (Å²) in [6.07, 6.45) is 1.64. The Morgan fingerprint density at radius 3 is 2.61 bits per heavy atom. The molecule has 18 heavy (non-hydrogen) atoms. The highest BCUT2D eigenvalue weighted by molar-refractivity contribution is 6.08. The van der Waals surface area contributed by atoms with Crippen LogP contribution < -0.4 is 0 Å². The Kier molecular flexibility index (Phi) is 2.34. The van der Waals surface area contributed by atoms with E-state index in [0.29, 0.717) is 16.7 Å². The van der Waals surface area contributed by atoms with E-state index in [2.05, 4.69) is 9.97 Å². The zero-order chi connectivity index (χ0) is 12.5. The van der Waals surface area contributed by atoms with Gasteiger partial charge in [0.05, 0.1) is 11.3 Å². The van der Waals surface area contributed by atoms with Crippen molar-refractivity contribution in [1.82, 2.24) is 9.97 Å². The molecule has 0 fully saturated rings. The molecule has 2 N–H and O–H groups in total. The van der Waals surface area contributed by atoms with E-state index >= 15 is 0 Å². The van der Waals surface area contributed by atoms with Crippen LogP contribution in [0.4, 0.5) is 0 Å². The lowest BCUT2D eigenvalue weighted by atomic mass is 10.1. The van der Waals surface area contributed by atoms with Gasteiger partial charge in [-0.25, -0.2) is 9.78 Å². The SMILES string of the molecule is O=C(O)c1c(-c2ccccc2)[nH]c2ncccc12. The summed E-state index contributed by atoms with van der Waals surface area (Å²) < 4.78 is 0. The standard InChI is InChI=1S/C14H10N2O2/c17-14(18)11-10-7-4-8-15-13(10)16-12(11)9-5-2-1-3-6-9/h1-8H,(H,15,16)(H,17,18). The molecule has 0 saturated carbocycles. The van der Waals surface area contributed by atoms with Crippen molar-refractivity contribution in [3.63, 3.8) is 0 Å². The van der Waals surface area contributed by atoms with Crippen molar-refractivity contribution < 1.29 is 9.90 Å². The molecule has 0 atom stereocenters. The van der Waals surface area contributed by atoms with Crippen LogP contribution in [0.5, 0.6) is 0 Å². The lowest BCUT2D eigenvalue weighted by molar-refractivity contribution is 0.0700. The van der Waals surface area contributed by atoms with Crippen molar-refractivity contribution in [3.05, 3.63) is 54.2 Å². The molecule has 0 spiro atoms. The summed E-state index contributed by atoms with van der Waals surface area (Å²) in [5.41, 5.74) is 2.29. The molecule has 88 valence electrons. The number of hydrogen-bond donors (Lipinski definition) is 2. The van der Waals surface area contributed by atoms with Gasteiger partial charge in [0.2, 0.25) is 0 Å². The van der Waals surface area contributed by atoms with Gasteiger partial charge in [-0.05, 0) is 17.7 Å². The molecule has 2 aromatic heterocycles. The molecule has 3 rings (SSSR count). The first kappa shape index (κ1) is 10.5. The number of hydrogen-bond acceptors (Lipinski definition) is 2. The smallest absolute Gasteiger partial charge is 0.338 e. The lowest BCUT2D eigenvalue weighted by Crippen LogP contribution is -1.97.